The number of rotatable bonds is 4. The van der Waals surface area contributed by atoms with E-state index in [0.29, 0.717) is 43.7 Å². The second-order valence-electron chi connectivity index (χ2n) is 8.43. The van der Waals surface area contributed by atoms with Crippen LogP contribution in [-0.4, -0.2) is 47.8 Å². The molecule has 0 radical (unpaired) electrons. The van der Waals surface area contributed by atoms with Crippen LogP contribution in [-0.2, 0) is 16.1 Å². The van der Waals surface area contributed by atoms with Gasteiger partial charge in [-0.1, -0.05) is 77.8 Å². The molecule has 6 heteroatoms. The van der Waals surface area contributed by atoms with Gasteiger partial charge in [0.2, 0.25) is 5.91 Å². The van der Waals surface area contributed by atoms with Crippen LogP contribution in [0.3, 0.4) is 0 Å². The van der Waals surface area contributed by atoms with Gasteiger partial charge < -0.3 is 4.74 Å². The molecule has 0 spiro atoms. The Kier molecular flexibility index (Phi) is 6.27. The topological polar surface area (TPSA) is 45.1 Å². The summed E-state index contributed by atoms with van der Waals surface area (Å²) in [6.45, 7) is 5.05. The third-order valence-corrected chi connectivity index (χ3v) is 6.53. The van der Waals surface area contributed by atoms with Crippen LogP contribution in [0.2, 0.25) is 5.02 Å². The minimum absolute atomic E-state index is 0.0280. The van der Waals surface area contributed by atoms with Crippen molar-refractivity contribution in [1.82, 2.24) is 9.80 Å². The molecule has 3 aromatic rings. The third-order valence-electron chi connectivity index (χ3n) is 6.19. The number of hydrogen-bond acceptors (Lipinski definition) is 4. The molecule has 1 atom stereocenters. The quantitative estimate of drug-likeness (QED) is 0.542. The summed E-state index contributed by atoms with van der Waals surface area (Å²) in [5.74, 6) is 0.641. The van der Waals surface area contributed by atoms with Gasteiger partial charge in [-0.25, -0.2) is 4.99 Å². The maximum absolute atomic E-state index is 14.3. The zero-order chi connectivity index (χ0) is 22.8. The summed E-state index contributed by atoms with van der Waals surface area (Å²) in [5, 5.41) is 0.591. The predicted octanol–water partition coefficient (Wildman–Crippen LogP) is 5.14. The van der Waals surface area contributed by atoms with E-state index in [4.69, 9.17) is 21.3 Å². The largest absolute Gasteiger partial charge is 0.379 e. The highest BCUT2D eigenvalue weighted by Gasteiger charge is 2.37. The van der Waals surface area contributed by atoms with E-state index in [2.05, 4.69) is 24.0 Å². The van der Waals surface area contributed by atoms with Crippen molar-refractivity contribution in [2.75, 3.05) is 26.3 Å². The molecule has 33 heavy (non-hydrogen) atoms. The number of halogens is 1. The fraction of sp³-hybridized carbons (Fsp3) is 0.259. The molecule has 2 aliphatic rings. The minimum Gasteiger partial charge on any atom is -0.379 e. The summed E-state index contributed by atoms with van der Waals surface area (Å²) in [7, 11) is 0. The van der Waals surface area contributed by atoms with Gasteiger partial charge in [0.25, 0.3) is 0 Å². The molecule has 1 amide bonds. The number of nitrogens with zero attached hydrogens (tertiary/aromatic N) is 3. The fourth-order valence-electron chi connectivity index (χ4n) is 4.53. The van der Waals surface area contributed by atoms with E-state index < -0.39 is 6.04 Å². The Hall–Kier alpha value is -2.99. The summed E-state index contributed by atoms with van der Waals surface area (Å²) in [4.78, 5) is 23.3. The van der Waals surface area contributed by atoms with Gasteiger partial charge in [-0.15, -0.1) is 0 Å². The van der Waals surface area contributed by atoms with Crippen LogP contribution in [0.15, 0.2) is 77.8 Å². The Labute approximate surface area is 199 Å². The van der Waals surface area contributed by atoms with Gasteiger partial charge in [0.15, 0.2) is 0 Å². The van der Waals surface area contributed by atoms with Crippen molar-refractivity contribution in [3.05, 3.63) is 100 Å². The number of amides is 1. The van der Waals surface area contributed by atoms with Crippen molar-refractivity contribution in [3.8, 4) is 0 Å². The first kappa shape index (κ1) is 21.8. The molecular weight excluding hydrogens is 434 g/mol. The highest BCUT2D eigenvalue weighted by molar-refractivity contribution is 6.31. The smallest absolute Gasteiger partial charge is 0.250 e. The normalized spacial score (nSPS) is 17.3. The number of amidine groups is 1. The molecule has 0 saturated carbocycles. The Morgan fingerprint density at radius 1 is 1.00 bits per heavy atom. The lowest BCUT2D eigenvalue weighted by atomic mass is 10.00. The van der Waals surface area contributed by atoms with E-state index in [-0.39, 0.29) is 5.91 Å². The standard InChI is InChI=1S/C27H26ClN3O2/c1-19-11-12-24-21(17-19)18-31(26(29-24)20-7-3-2-4-8-20)27(32)25(30-13-15-33-16-14-30)22-9-5-6-10-23(22)28/h2-12,17,25H,13-16,18H2,1H3. The van der Waals surface area contributed by atoms with Crippen molar-refractivity contribution in [3.63, 3.8) is 0 Å². The average molecular weight is 460 g/mol. The van der Waals surface area contributed by atoms with Crippen molar-refractivity contribution in [2.45, 2.75) is 19.5 Å². The highest BCUT2D eigenvalue weighted by atomic mass is 35.5. The third kappa shape index (κ3) is 4.44. The van der Waals surface area contributed by atoms with Gasteiger partial charge in [0.1, 0.15) is 11.9 Å². The number of morpholine rings is 1. The monoisotopic (exact) mass is 459 g/mol. The van der Waals surface area contributed by atoms with Gasteiger partial charge in [-0.05, 0) is 30.2 Å². The summed E-state index contributed by atoms with van der Waals surface area (Å²) >= 11 is 6.62. The van der Waals surface area contributed by atoms with Gasteiger partial charge in [0, 0.05) is 23.7 Å². The van der Waals surface area contributed by atoms with E-state index in [9.17, 15) is 4.79 Å². The molecule has 5 nitrogen and oxygen atoms in total. The van der Waals surface area contributed by atoms with Crippen molar-refractivity contribution >= 4 is 29.0 Å². The summed E-state index contributed by atoms with van der Waals surface area (Å²) in [6.07, 6.45) is 0. The predicted molar refractivity (Wildman–Crippen MR) is 131 cm³/mol. The van der Waals surface area contributed by atoms with Crippen molar-refractivity contribution < 1.29 is 9.53 Å². The van der Waals surface area contributed by atoms with Crippen LogP contribution in [0.4, 0.5) is 5.69 Å². The molecule has 2 aliphatic heterocycles. The number of ether oxygens (including phenoxy) is 1. The molecule has 1 unspecified atom stereocenters. The second-order valence-corrected chi connectivity index (χ2v) is 8.84. The molecule has 0 bridgehead atoms. The molecule has 1 fully saturated rings. The van der Waals surface area contributed by atoms with E-state index >= 15 is 0 Å². The van der Waals surface area contributed by atoms with E-state index in [0.717, 1.165) is 27.9 Å². The Balaban J connectivity index is 1.61. The molecule has 3 aromatic carbocycles. The summed E-state index contributed by atoms with van der Waals surface area (Å²) < 4.78 is 5.57. The average Bonchev–Trinajstić information content (AvgIpc) is 2.85. The zero-order valence-corrected chi connectivity index (χ0v) is 19.3. The number of fused-ring (bicyclic) bond motifs is 1. The number of aryl methyl sites for hydroxylation is 1. The van der Waals surface area contributed by atoms with Crippen LogP contribution < -0.4 is 0 Å². The highest BCUT2D eigenvalue weighted by Crippen LogP contribution is 2.34. The number of carbonyl (C=O) groups excluding carboxylic acids is 1. The number of aliphatic imine (C=N–C) groups is 1. The second kappa shape index (κ2) is 9.48. The maximum atomic E-state index is 14.3. The first-order chi connectivity index (χ1) is 16.1. The molecule has 2 heterocycles. The summed E-state index contributed by atoms with van der Waals surface area (Å²) in [6, 6.07) is 23.2. The first-order valence-corrected chi connectivity index (χ1v) is 11.6. The lowest BCUT2D eigenvalue weighted by molar-refractivity contribution is -0.135. The fourth-order valence-corrected chi connectivity index (χ4v) is 4.76. The Morgan fingerprint density at radius 2 is 1.73 bits per heavy atom. The number of hydrogen-bond donors (Lipinski definition) is 0. The van der Waals surface area contributed by atoms with Crippen LogP contribution in [0.5, 0.6) is 0 Å². The molecule has 0 aromatic heterocycles. The molecule has 0 aliphatic carbocycles. The van der Waals surface area contributed by atoms with Crippen molar-refractivity contribution in [1.29, 1.82) is 0 Å². The minimum atomic E-state index is -0.511. The van der Waals surface area contributed by atoms with Crippen LogP contribution in [0.1, 0.15) is 28.3 Å². The molecule has 168 valence electrons. The lowest BCUT2D eigenvalue weighted by Crippen LogP contribution is -2.49. The van der Waals surface area contributed by atoms with E-state index in [1.807, 2.05) is 65.6 Å². The van der Waals surface area contributed by atoms with Gasteiger partial charge >= 0.3 is 0 Å². The van der Waals surface area contributed by atoms with E-state index in [1.54, 1.807) is 0 Å². The lowest BCUT2D eigenvalue weighted by Gasteiger charge is -2.38. The Bertz CT molecular complexity index is 1190. The SMILES string of the molecule is Cc1ccc2c(c1)CN(C(=O)C(c1ccccc1Cl)N1CCOCC1)C(c1ccccc1)=N2. The van der Waals surface area contributed by atoms with Crippen molar-refractivity contribution in [2.24, 2.45) is 4.99 Å². The van der Waals surface area contributed by atoms with Crippen LogP contribution in [0, 0.1) is 6.92 Å². The number of carbonyl (C=O) groups is 1. The van der Waals surface area contributed by atoms with Gasteiger partial charge in [-0.3, -0.25) is 14.6 Å². The van der Waals surface area contributed by atoms with Gasteiger partial charge in [-0.2, -0.15) is 0 Å². The first-order valence-electron chi connectivity index (χ1n) is 11.2. The molecule has 0 N–H and O–H groups in total. The molecular formula is C27H26ClN3O2. The van der Waals surface area contributed by atoms with Crippen LogP contribution in [0.25, 0.3) is 0 Å². The molecule has 5 rings (SSSR count). The van der Waals surface area contributed by atoms with Crippen LogP contribution >= 0.6 is 11.6 Å². The molecule has 1 saturated heterocycles. The number of benzene rings is 3. The Morgan fingerprint density at radius 3 is 2.48 bits per heavy atom. The zero-order valence-electron chi connectivity index (χ0n) is 18.6. The van der Waals surface area contributed by atoms with E-state index in [1.165, 1.54) is 0 Å². The maximum Gasteiger partial charge on any atom is 0.250 e. The summed E-state index contributed by atoms with van der Waals surface area (Å²) in [5.41, 5.74) is 4.83. The van der Waals surface area contributed by atoms with Gasteiger partial charge in [0.05, 0.1) is 25.4 Å².